The van der Waals surface area contributed by atoms with Crippen LogP contribution in [0.5, 0.6) is 0 Å². The molecule has 0 bridgehead atoms. The van der Waals surface area contributed by atoms with E-state index in [1.807, 2.05) is 6.92 Å². The molecule has 1 aliphatic rings. The zero-order valence-corrected chi connectivity index (χ0v) is 15.8. The second-order valence-electron chi connectivity index (χ2n) is 7.40. The van der Waals surface area contributed by atoms with Gasteiger partial charge in [0.1, 0.15) is 11.5 Å². The molecule has 0 radical (unpaired) electrons. The zero-order chi connectivity index (χ0) is 19.1. The second kappa shape index (κ2) is 6.82. The summed E-state index contributed by atoms with van der Waals surface area (Å²) in [6, 6.07) is 10.5. The Hall–Kier alpha value is -2.66. The maximum atomic E-state index is 12.9. The SMILES string of the molecule is Cc1cc(C)c2[nH]c(C(=O)N3CC(OCc4ccc(F)cc4)C3)c(C)c2c1. The number of H-pyrrole nitrogens is 1. The average Bonchev–Trinajstić information content (AvgIpc) is 2.92. The number of aromatic nitrogens is 1. The summed E-state index contributed by atoms with van der Waals surface area (Å²) in [6.07, 6.45) is 0.0210. The molecular formula is C22H23FN2O2. The van der Waals surface area contributed by atoms with Gasteiger partial charge in [0.25, 0.3) is 5.91 Å². The number of likely N-dealkylation sites (tertiary alicyclic amines) is 1. The number of hydrogen-bond donors (Lipinski definition) is 1. The number of amides is 1. The lowest BCUT2D eigenvalue weighted by molar-refractivity contribution is -0.0505. The van der Waals surface area contributed by atoms with Gasteiger partial charge in [0.2, 0.25) is 0 Å². The lowest BCUT2D eigenvalue weighted by atomic mass is 10.0. The molecule has 5 heteroatoms. The van der Waals surface area contributed by atoms with Crippen LogP contribution < -0.4 is 0 Å². The molecule has 0 atom stereocenters. The van der Waals surface area contributed by atoms with Gasteiger partial charge in [-0.3, -0.25) is 4.79 Å². The van der Waals surface area contributed by atoms with Crippen molar-refractivity contribution in [2.75, 3.05) is 13.1 Å². The molecule has 4 rings (SSSR count). The molecule has 1 fully saturated rings. The van der Waals surface area contributed by atoms with E-state index < -0.39 is 0 Å². The Morgan fingerprint density at radius 1 is 1.19 bits per heavy atom. The summed E-state index contributed by atoms with van der Waals surface area (Å²) < 4.78 is 18.8. The first-order valence-corrected chi connectivity index (χ1v) is 9.17. The number of aromatic amines is 1. The Morgan fingerprint density at radius 2 is 1.89 bits per heavy atom. The van der Waals surface area contributed by atoms with Gasteiger partial charge in [-0.25, -0.2) is 4.39 Å². The Balaban J connectivity index is 1.40. The maximum Gasteiger partial charge on any atom is 0.270 e. The van der Waals surface area contributed by atoms with Crippen molar-refractivity contribution >= 4 is 16.8 Å². The van der Waals surface area contributed by atoms with Gasteiger partial charge in [0.15, 0.2) is 0 Å². The Labute approximate surface area is 157 Å². The third-order valence-electron chi connectivity index (χ3n) is 5.26. The number of nitrogens with zero attached hydrogens (tertiary/aromatic N) is 1. The van der Waals surface area contributed by atoms with Crippen LogP contribution in [0.4, 0.5) is 4.39 Å². The molecule has 1 aliphatic heterocycles. The van der Waals surface area contributed by atoms with E-state index in [0.29, 0.717) is 25.4 Å². The fourth-order valence-corrected chi connectivity index (χ4v) is 3.66. The average molecular weight is 366 g/mol. The van der Waals surface area contributed by atoms with Crippen LogP contribution in [-0.2, 0) is 11.3 Å². The van der Waals surface area contributed by atoms with Crippen LogP contribution in [0, 0.1) is 26.6 Å². The first kappa shape index (κ1) is 17.7. The largest absolute Gasteiger partial charge is 0.370 e. The highest BCUT2D eigenvalue weighted by molar-refractivity contribution is 6.02. The highest BCUT2D eigenvalue weighted by Gasteiger charge is 2.33. The predicted molar refractivity (Wildman–Crippen MR) is 103 cm³/mol. The summed E-state index contributed by atoms with van der Waals surface area (Å²) in [5, 5.41) is 1.11. The highest BCUT2D eigenvalue weighted by Crippen LogP contribution is 2.28. The highest BCUT2D eigenvalue weighted by atomic mass is 19.1. The molecule has 0 aliphatic carbocycles. The lowest BCUT2D eigenvalue weighted by Crippen LogP contribution is -2.54. The van der Waals surface area contributed by atoms with Crippen LogP contribution in [0.25, 0.3) is 10.9 Å². The van der Waals surface area contributed by atoms with E-state index in [4.69, 9.17) is 4.74 Å². The number of halogens is 1. The third-order valence-corrected chi connectivity index (χ3v) is 5.26. The minimum Gasteiger partial charge on any atom is -0.370 e. The van der Waals surface area contributed by atoms with Gasteiger partial charge in [-0.1, -0.05) is 23.8 Å². The molecule has 4 nitrogen and oxygen atoms in total. The number of benzene rings is 2. The molecule has 3 aromatic rings. The van der Waals surface area contributed by atoms with Crippen LogP contribution in [0.15, 0.2) is 36.4 Å². The van der Waals surface area contributed by atoms with E-state index >= 15 is 0 Å². The van der Waals surface area contributed by atoms with Crippen molar-refractivity contribution in [3.05, 3.63) is 70.2 Å². The molecule has 1 aromatic heterocycles. The van der Waals surface area contributed by atoms with Gasteiger partial charge in [0.05, 0.1) is 12.7 Å². The molecule has 27 heavy (non-hydrogen) atoms. The second-order valence-corrected chi connectivity index (χ2v) is 7.40. The zero-order valence-electron chi connectivity index (χ0n) is 15.8. The smallest absolute Gasteiger partial charge is 0.270 e. The molecule has 1 saturated heterocycles. The standard InChI is InChI=1S/C22H23FN2O2/c1-13-8-14(2)20-19(9-13)15(3)21(24-20)22(26)25-10-18(11-25)27-12-16-4-6-17(23)7-5-16/h4-9,18,24H,10-12H2,1-3H3. The Kier molecular flexibility index (Phi) is 4.48. The number of hydrogen-bond acceptors (Lipinski definition) is 2. The number of aryl methyl sites for hydroxylation is 3. The molecule has 2 heterocycles. The van der Waals surface area contributed by atoms with E-state index in [9.17, 15) is 9.18 Å². The maximum absolute atomic E-state index is 12.9. The number of fused-ring (bicyclic) bond motifs is 1. The van der Waals surface area contributed by atoms with E-state index in [-0.39, 0.29) is 17.8 Å². The van der Waals surface area contributed by atoms with Gasteiger partial charge < -0.3 is 14.6 Å². The van der Waals surface area contributed by atoms with Crippen molar-refractivity contribution in [2.24, 2.45) is 0 Å². The van der Waals surface area contributed by atoms with Gasteiger partial charge >= 0.3 is 0 Å². The van der Waals surface area contributed by atoms with Crippen LogP contribution in [-0.4, -0.2) is 35.0 Å². The molecule has 0 spiro atoms. The molecule has 0 unspecified atom stereocenters. The summed E-state index contributed by atoms with van der Waals surface area (Å²) in [6.45, 7) is 7.70. The van der Waals surface area contributed by atoms with Crippen molar-refractivity contribution in [3.8, 4) is 0 Å². The van der Waals surface area contributed by atoms with Crippen molar-refractivity contribution in [1.82, 2.24) is 9.88 Å². The van der Waals surface area contributed by atoms with Gasteiger partial charge in [0, 0.05) is 24.0 Å². The minimum absolute atomic E-state index is 0.0161. The normalized spacial score (nSPS) is 14.6. The van der Waals surface area contributed by atoms with E-state index in [2.05, 4.69) is 31.0 Å². The molecular weight excluding hydrogens is 343 g/mol. The number of carbonyl (C=O) groups excluding carboxylic acids is 1. The van der Waals surface area contributed by atoms with Gasteiger partial charge in [-0.05, 0) is 55.7 Å². The fourth-order valence-electron chi connectivity index (χ4n) is 3.66. The topological polar surface area (TPSA) is 45.3 Å². The fraction of sp³-hybridized carbons (Fsp3) is 0.318. The van der Waals surface area contributed by atoms with Gasteiger partial charge in [-0.15, -0.1) is 0 Å². The quantitative estimate of drug-likeness (QED) is 0.749. The number of carbonyl (C=O) groups is 1. The van der Waals surface area contributed by atoms with Gasteiger partial charge in [-0.2, -0.15) is 0 Å². The van der Waals surface area contributed by atoms with Crippen molar-refractivity contribution in [1.29, 1.82) is 0 Å². The first-order chi connectivity index (χ1) is 12.9. The van der Waals surface area contributed by atoms with E-state index in [1.54, 1.807) is 17.0 Å². The molecule has 0 saturated carbocycles. The number of rotatable bonds is 4. The lowest BCUT2D eigenvalue weighted by Gasteiger charge is -2.38. The van der Waals surface area contributed by atoms with Crippen molar-refractivity contribution in [3.63, 3.8) is 0 Å². The van der Waals surface area contributed by atoms with Crippen molar-refractivity contribution < 1.29 is 13.9 Å². The third kappa shape index (κ3) is 3.35. The molecule has 2 aromatic carbocycles. The summed E-state index contributed by atoms with van der Waals surface area (Å²) >= 11 is 0. The summed E-state index contributed by atoms with van der Waals surface area (Å²) in [7, 11) is 0. The van der Waals surface area contributed by atoms with E-state index in [0.717, 1.165) is 27.6 Å². The van der Waals surface area contributed by atoms with E-state index in [1.165, 1.54) is 17.7 Å². The van der Waals surface area contributed by atoms with Crippen LogP contribution in [0.2, 0.25) is 0 Å². The minimum atomic E-state index is -0.252. The summed E-state index contributed by atoms with van der Waals surface area (Å²) in [5.74, 6) is -0.235. The summed E-state index contributed by atoms with van der Waals surface area (Å²) in [4.78, 5) is 18.0. The van der Waals surface area contributed by atoms with Crippen LogP contribution in [0.3, 0.4) is 0 Å². The number of nitrogens with one attached hydrogen (secondary N) is 1. The number of ether oxygens (including phenoxy) is 1. The van der Waals surface area contributed by atoms with Crippen LogP contribution >= 0.6 is 0 Å². The molecule has 1 amide bonds. The summed E-state index contributed by atoms with van der Waals surface area (Å²) in [5.41, 5.74) is 5.97. The monoisotopic (exact) mass is 366 g/mol. The Bertz CT molecular complexity index is 1000. The first-order valence-electron chi connectivity index (χ1n) is 9.17. The predicted octanol–water partition coefficient (Wildman–Crippen LogP) is 4.27. The van der Waals surface area contributed by atoms with Crippen LogP contribution in [0.1, 0.15) is 32.7 Å². The van der Waals surface area contributed by atoms with Crippen molar-refractivity contribution in [2.45, 2.75) is 33.5 Å². The molecule has 140 valence electrons. The Morgan fingerprint density at radius 3 is 2.59 bits per heavy atom. The molecule has 1 N–H and O–H groups in total.